The van der Waals surface area contributed by atoms with Crippen LogP contribution in [0.25, 0.3) is 32.8 Å². The van der Waals surface area contributed by atoms with Crippen LogP contribution in [0.5, 0.6) is 6.01 Å². The Morgan fingerprint density at radius 3 is 2.67 bits per heavy atom. The Morgan fingerprint density at radius 2 is 1.95 bits per heavy atom. The number of hydrogen-bond acceptors (Lipinski definition) is 6. The number of carbonyl (C=O) groups excluding carboxylic acids is 1. The van der Waals surface area contributed by atoms with Crippen molar-refractivity contribution in [2.75, 3.05) is 44.7 Å². The number of rotatable bonds is 6. The third-order valence-electron chi connectivity index (χ3n) is 8.51. The number of likely N-dealkylation sites (tertiary alicyclic amines) is 1. The lowest BCUT2D eigenvalue weighted by molar-refractivity contribution is -0.126. The van der Waals surface area contributed by atoms with E-state index in [-0.39, 0.29) is 56.4 Å². The summed E-state index contributed by atoms with van der Waals surface area (Å²) < 4.78 is 53.2. The van der Waals surface area contributed by atoms with Gasteiger partial charge in [-0.25, -0.2) is 13.2 Å². The van der Waals surface area contributed by atoms with E-state index < -0.39 is 17.5 Å². The zero-order valence-electron chi connectivity index (χ0n) is 23.9. The number of piperazine rings is 1. The second-order valence-corrected chi connectivity index (χ2v) is 11.5. The molecule has 7 nitrogen and oxygen atoms in total. The molecule has 2 saturated heterocycles. The topological polar surface area (TPSA) is 61.8 Å². The highest BCUT2D eigenvalue weighted by molar-refractivity contribution is 6.37. The first-order valence-electron chi connectivity index (χ1n) is 14.3. The van der Waals surface area contributed by atoms with Crippen molar-refractivity contribution in [2.24, 2.45) is 0 Å². The Kier molecular flexibility index (Phi) is 7.91. The van der Waals surface area contributed by atoms with Gasteiger partial charge in [0.2, 0.25) is 5.91 Å². The van der Waals surface area contributed by atoms with E-state index in [4.69, 9.17) is 16.3 Å². The highest BCUT2D eigenvalue weighted by Gasteiger charge is 2.31. The van der Waals surface area contributed by atoms with Crippen LogP contribution >= 0.6 is 11.6 Å². The largest absolute Gasteiger partial charge is 0.462 e. The Hall–Kier alpha value is -3.89. The number of likely N-dealkylation sites (N-methyl/N-ethyl adjacent to an activating group) is 1. The van der Waals surface area contributed by atoms with E-state index in [2.05, 4.69) is 21.4 Å². The summed E-state index contributed by atoms with van der Waals surface area (Å²) in [6.45, 7) is 7.89. The molecule has 0 saturated carbocycles. The standard InChI is InChI=1S/C32H31ClF3N5O2/c1-4-25(42)40-13-14-41(18(2)16-40)31-22-15-24(35)27(21-9-5-7-19-10-11-23(34)28(33)26(19)21)29(36)30(22)37-32(38-31)43-17-20-8-6-12-39(20)3/h4-5,7,9-11,15,18,20H,1,6,8,12-14,16-17H2,2-3H3/t18-,20-/m0/s1. The SMILES string of the molecule is C=CC(=O)N1CCN(c2nc(OC[C@@H]3CCCN3C)nc3c(F)c(-c4cccc5ccc(F)c(Cl)c45)c(F)cc23)[C@@H](C)C1. The lowest BCUT2D eigenvalue weighted by atomic mass is 9.96. The van der Waals surface area contributed by atoms with Gasteiger partial charge in [0.25, 0.3) is 0 Å². The molecule has 2 aliphatic rings. The summed E-state index contributed by atoms with van der Waals surface area (Å²) in [5.41, 5.74) is -0.386. The molecule has 1 aromatic heterocycles. The maximum absolute atomic E-state index is 16.6. The minimum atomic E-state index is -0.928. The average molecular weight is 610 g/mol. The molecule has 0 N–H and O–H groups in total. The summed E-state index contributed by atoms with van der Waals surface area (Å²) in [6.07, 6.45) is 3.27. The predicted octanol–water partition coefficient (Wildman–Crippen LogP) is 6.22. The summed E-state index contributed by atoms with van der Waals surface area (Å²) in [4.78, 5) is 27.1. The highest BCUT2D eigenvalue weighted by Crippen LogP contribution is 2.41. The number of benzene rings is 3. The molecule has 2 atom stereocenters. The lowest BCUT2D eigenvalue weighted by Gasteiger charge is -2.40. The molecule has 2 fully saturated rings. The van der Waals surface area contributed by atoms with Crippen LogP contribution in [0.3, 0.4) is 0 Å². The van der Waals surface area contributed by atoms with Crippen molar-refractivity contribution in [3.63, 3.8) is 0 Å². The molecule has 43 heavy (non-hydrogen) atoms. The third kappa shape index (κ3) is 5.27. The predicted molar refractivity (Wildman–Crippen MR) is 162 cm³/mol. The molecule has 4 aromatic rings. The Morgan fingerprint density at radius 1 is 1.14 bits per heavy atom. The normalized spacial score (nSPS) is 19.4. The van der Waals surface area contributed by atoms with Crippen LogP contribution in [0.2, 0.25) is 5.02 Å². The van der Waals surface area contributed by atoms with Gasteiger partial charge in [0.05, 0.1) is 10.6 Å². The van der Waals surface area contributed by atoms with Crippen molar-refractivity contribution in [3.8, 4) is 17.1 Å². The van der Waals surface area contributed by atoms with E-state index in [0.29, 0.717) is 37.4 Å². The number of anilines is 1. The fourth-order valence-corrected chi connectivity index (χ4v) is 6.44. The Bertz CT molecular complexity index is 1750. The molecule has 0 radical (unpaired) electrons. The van der Waals surface area contributed by atoms with E-state index in [9.17, 15) is 9.18 Å². The van der Waals surface area contributed by atoms with Crippen LogP contribution in [0, 0.1) is 17.5 Å². The van der Waals surface area contributed by atoms with Gasteiger partial charge in [0.15, 0.2) is 5.82 Å². The van der Waals surface area contributed by atoms with Gasteiger partial charge in [-0.1, -0.05) is 42.4 Å². The number of nitrogens with zero attached hydrogens (tertiary/aromatic N) is 5. The first kappa shape index (κ1) is 29.2. The van der Waals surface area contributed by atoms with Crippen LogP contribution in [0.15, 0.2) is 49.1 Å². The average Bonchev–Trinajstić information content (AvgIpc) is 3.42. The van der Waals surface area contributed by atoms with Crippen molar-refractivity contribution >= 4 is 45.0 Å². The Balaban J connectivity index is 1.51. The summed E-state index contributed by atoms with van der Waals surface area (Å²) in [7, 11) is 2.02. The monoisotopic (exact) mass is 609 g/mol. The zero-order valence-corrected chi connectivity index (χ0v) is 24.7. The maximum atomic E-state index is 16.6. The quantitative estimate of drug-likeness (QED) is 0.242. The fraction of sp³-hybridized carbons (Fsp3) is 0.344. The number of hydrogen-bond donors (Lipinski definition) is 0. The molecule has 3 aromatic carbocycles. The van der Waals surface area contributed by atoms with Gasteiger partial charge in [0.1, 0.15) is 29.6 Å². The molecule has 0 bridgehead atoms. The number of aromatic nitrogens is 2. The van der Waals surface area contributed by atoms with Crippen molar-refractivity contribution in [1.29, 1.82) is 0 Å². The van der Waals surface area contributed by atoms with Gasteiger partial charge in [-0.3, -0.25) is 4.79 Å². The van der Waals surface area contributed by atoms with E-state index in [1.165, 1.54) is 30.3 Å². The van der Waals surface area contributed by atoms with Crippen molar-refractivity contribution in [2.45, 2.75) is 31.8 Å². The van der Waals surface area contributed by atoms with E-state index in [0.717, 1.165) is 19.4 Å². The lowest BCUT2D eigenvalue weighted by Crippen LogP contribution is -2.53. The fourth-order valence-electron chi connectivity index (χ4n) is 6.17. The number of carbonyl (C=O) groups is 1. The molecule has 0 aliphatic carbocycles. The van der Waals surface area contributed by atoms with Crippen LogP contribution < -0.4 is 9.64 Å². The molecule has 224 valence electrons. The molecule has 0 unspecified atom stereocenters. The maximum Gasteiger partial charge on any atom is 0.319 e. The van der Waals surface area contributed by atoms with Crippen LogP contribution in [0.1, 0.15) is 19.8 Å². The van der Waals surface area contributed by atoms with Crippen molar-refractivity contribution in [3.05, 3.63) is 71.5 Å². The molecular formula is C32H31ClF3N5O2. The van der Waals surface area contributed by atoms with Gasteiger partial charge in [-0.2, -0.15) is 9.97 Å². The van der Waals surface area contributed by atoms with Crippen LogP contribution in [-0.2, 0) is 4.79 Å². The van der Waals surface area contributed by atoms with Gasteiger partial charge < -0.3 is 19.4 Å². The van der Waals surface area contributed by atoms with Gasteiger partial charge in [0, 0.05) is 42.5 Å². The van der Waals surface area contributed by atoms with Crippen molar-refractivity contribution < 1.29 is 22.7 Å². The first-order chi connectivity index (χ1) is 20.7. The number of ether oxygens (including phenoxy) is 1. The van der Waals surface area contributed by atoms with Gasteiger partial charge in [-0.15, -0.1) is 0 Å². The van der Waals surface area contributed by atoms with E-state index >= 15 is 8.78 Å². The van der Waals surface area contributed by atoms with E-state index in [1.54, 1.807) is 17.0 Å². The number of halogens is 4. The molecule has 2 aliphatic heterocycles. The minimum Gasteiger partial charge on any atom is -0.462 e. The molecule has 1 amide bonds. The summed E-state index contributed by atoms with van der Waals surface area (Å²) in [5, 5.41) is 0.683. The first-order valence-corrected chi connectivity index (χ1v) is 14.6. The molecule has 6 rings (SSSR count). The smallest absolute Gasteiger partial charge is 0.319 e. The molecular weight excluding hydrogens is 579 g/mol. The van der Waals surface area contributed by atoms with Gasteiger partial charge >= 0.3 is 6.01 Å². The second-order valence-electron chi connectivity index (χ2n) is 11.2. The number of fused-ring (bicyclic) bond motifs is 2. The summed E-state index contributed by atoms with van der Waals surface area (Å²) in [5.74, 6) is -2.36. The van der Waals surface area contributed by atoms with Crippen molar-refractivity contribution in [1.82, 2.24) is 19.8 Å². The molecule has 11 heteroatoms. The minimum absolute atomic E-state index is 0.0296. The summed E-state index contributed by atoms with van der Waals surface area (Å²) >= 11 is 6.32. The van der Waals surface area contributed by atoms with Gasteiger partial charge in [-0.05, 0) is 62.5 Å². The van der Waals surface area contributed by atoms with E-state index in [1.807, 2.05) is 18.9 Å². The second kappa shape index (κ2) is 11.7. The highest BCUT2D eigenvalue weighted by atomic mass is 35.5. The van der Waals surface area contributed by atoms with Crippen LogP contribution in [0.4, 0.5) is 19.0 Å². The van der Waals surface area contributed by atoms with Crippen LogP contribution in [-0.4, -0.2) is 77.6 Å². The summed E-state index contributed by atoms with van der Waals surface area (Å²) in [6, 6.07) is 8.69. The zero-order chi connectivity index (χ0) is 30.4. The third-order valence-corrected chi connectivity index (χ3v) is 8.88. The Labute approximate surface area is 252 Å². The molecule has 0 spiro atoms. The number of amides is 1. The molecule has 3 heterocycles.